The van der Waals surface area contributed by atoms with Crippen molar-refractivity contribution in [2.24, 2.45) is 5.92 Å². The quantitative estimate of drug-likeness (QED) is 0.399. The average Bonchev–Trinajstić information content (AvgIpc) is 3.48. The Hall–Kier alpha value is -3.35. The van der Waals surface area contributed by atoms with Crippen molar-refractivity contribution in [3.05, 3.63) is 59.4 Å². The minimum atomic E-state index is -0.0581. The maximum absolute atomic E-state index is 13.0. The molecule has 4 heterocycles. The number of hydrogen-bond donors (Lipinski definition) is 3. The van der Waals surface area contributed by atoms with E-state index in [1.165, 1.54) is 16.5 Å². The number of pyridine rings is 1. The van der Waals surface area contributed by atoms with Crippen molar-refractivity contribution in [1.29, 1.82) is 0 Å². The molecule has 2 unspecified atom stereocenters. The zero-order chi connectivity index (χ0) is 24.9. The lowest BCUT2D eigenvalue weighted by Crippen LogP contribution is -2.43. The number of H-pyrrole nitrogens is 1. The van der Waals surface area contributed by atoms with Gasteiger partial charge in [0.1, 0.15) is 5.82 Å². The first-order valence-corrected chi connectivity index (χ1v) is 13.5. The lowest BCUT2D eigenvalue weighted by atomic mass is 9.99. The van der Waals surface area contributed by atoms with Crippen LogP contribution in [0.4, 0.5) is 5.82 Å². The zero-order valence-corrected chi connectivity index (χ0v) is 21.2. The SMILES string of the molecule is CCC(CCc1c[nH]c2ccccc12)NC(=O)CN1CCC(CCc2ccc3c(n2)NCCC3)C1=O. The lowest BCUT2D eigenvalue weighted by molar-refractivity contribution is -0.135. The highest BCUT2D eigenvalue weighted by atomic mass is 16.2. The molecule has 7 heteroatoms. The van der Waals surface area contributed by atoms with E-state index in [4.69, 9.17) is 4.98 Å². The number of nitrogens with zero attached hydrogens (tertiary/aromatic N) is 2. The van der Waals surface area contributed by atoms with Gasteiger partial charge in [0.25, 0.3) is 0 Å². The van der Waals surface area contributed by atoms with Gasteiger partial charge in [-0.3, -0.25) is 9.59 Å². The Morgan fingerprint density at radius 2 is 2.11 bits per heavy atom. The Labute approximate surface area is 213 Å². The molecule has 1 saturated heterocycles. The lowest BCUT2D eigenvalue weighted by Gasteiger charge is -2.21. The van der Waals surface area contributed by atoms with Crippen LogP contribution in [0.15, 0.2) is 42.6 Å². The number of benzene rings is 1. The summed E-state index contributed by atoms with van der Waals surface area (Å²) >= 11 is 0. The maximum atomic E-state index is 13.0. The molecule has 0 aliphatic carbocycles. The molecule has 2 aliphatic rings. The van der Waals surface area contributed by atoms with Gasteiger partial charge in [-0.1, -0.05) is 31.2 Å². The average molecular weight is 488 g/mol. The van der Waals surface area contributed by atoms with Crippen molar-refractivity contribution in [2.75, 3.05) is 25.0 Å². The van der Waals surface area contributed by atoms with E-state index in [0.717, 1.165) is 74.9 Å². The fraction of sp³-hybridized carbons (Fsp3) is 0.483. The van der Waals surface area contributed by atoms with Gasteiger partial charge in [0.2, 0.25) is 11.8 Å². The number of carbonyl (C=O) groups excluding carboxylic acids is 2. The third kappa shape index (κ3) is 5.55. The molecule has 2 aromatic heterocycles. The molecular weight excluding hydrogens is 450 g/mol. The third-order valence-electron chi connectivity index (χ3n) is 7.74. The normalized spacial score (nSPS) is 18.2. The fourth-order valence-electron chi connectivity index (χ4n) is 5.55. The Morgan fingerprint density at radius 3 is 3.00 bits per heavy atom. The number of aromatic amines is 1. The highest BCUT2D eigenvalue weighted by Gasteiger charge is 2.32. The van der Waals surface area contributed by atoms with Crippen molar-refractivity contribution in [2.45, 2.75) is 64.3 Å². The molecule has 2 aliphatic heterocycles. The van der Waals surface area contributed by atoms with Crippen molar-refractivity contribution in [3.8, 4) is 0 Å². The van der Waals surface area contributed by atoms with Gasteiger partial charge in [0.05, 0.1) is 6.54 Å². The molecule has 5 rings (SSSR count). The smallest absolute Gasteiger partial charge is 0.239 e. The number of fused-ring (bicyclic) bond motifs is 2. The molecule has 0 saturated carbocycles. The number of carbonyl (C=O) groups is 2. The van der Waals surface area contributed by atoms with Crippen LogP contribution in [0.3, 0.4) is 0 Å². The summed E-state index contributed by atoms with van der Waals surface area (Å²) in [7, 11) is 0. The van der Waals surface area contributed by atoms with Crippen LogP contribution in [0.25, 0.3) is 10.9 Å². The summed E-state index contributed by atoms with van der Waals surface area (Å²) < 4.78 is 0. The summed E-state index contributed by atoms with van der Waals surface area (Å²) in [5, 5.41) is 7.79. The van der Waals surface area contributed by atoms with Crippen LogP contribution in [-0.4, -0.2) is 52.4 Å². The van der Waals surface area contributed by atoms with Crippen LogP contribution in [0.5, 0.6) is 0 Å². The van der Waals surface area contributed by atoms with Gasteiger partial charge in [-0.2, -0.15) is 0 Å². The molecule has 0 radical (unpaired) electrons. The topological polar surface area (TPSA) is 90.1 Å². The van der Waals surface area contributed by atoms with E-state index in [2.05, 4.69) is 59.1 Å². The third-order valence-corrected chi connectivity index (χ3v) is 7.74. The molecule has 3 aromatic rings. The molecule has 2 atom stereocenters. The number of rotatable bonds is 10. The van der Waals surface area contributed by atoms with E-state index in [0.29, 0.717) is 6.54 Å². The maximum Gasteiger partial charge on any atom is 0.239 e. The van der Waals surface area contributed by atoms with Crippen LogP contribution < -0.4 is 10.6 Å². The Morgan fingerprint density at radius 1 is 1.22 bits per heavy atom. The van der Waals surface area contributed by atoms with E-state index in [9.17, 15) is 9.59 Å². The highest BCUT2D eigenvalue weighted by Crippen LogP contribution is 2.25. The van der Waals surface area contributed by atoms with Crippen LogP contribution in [0.1, 0.15) is 55.8 Å². The number of anilines is 1. The van der Waals surface area contributed by atoms with Crippen LogP contribution in [0, 0.1) is 5.92 Å². The second-order valence-electron chi connectivity index (χ2n) is 10.2. The van der Waals surface area contributed by atoms with Gasteiger partial charge in [0.15, 0.2) is 0 Å². The number of aromatic nitrogens is 2. The van der Waals surface area contributed by atoms with Gasteiger partial charge < -0.3 is 20.5 Å². The summed E-state index contributed by atoms with van der Waals surface area (Å²) in [5.41, 5.74) is 4.74. The minimum Gasteiger partial charge on any atom is -0.370 e. The molecule has 190 valence electrons. The van der Waals surface area contributed by atoms with Crippen LogP contribution in [-0.2, 0) is 28.9 Å². The number of aryl methyl sites for hydroxylation is 3. The molecule has 2 amide bonds. The summed E-state index contributed by atoms with van der Waals surface area (Å²) in [6.07, 6.45) is 9.33. The number of likely N-dealkylation sites (tertiary alicyclic amines) is 1. The van der Waals surface area contributed by atoms with Crippen molar-refractivity contribution in [3.63, 3.8) is 0 Å². The van der Waals surface area contributed by atoms with Gasteiger partial charge in [0, 0.05) is 47.8 Å². The first-order valence-electron chi connectivity index (χ1n) is 13.5. The highest BCUT2D eigenvalue weighted by molar-refractivity contribution is 5.87. The van der Waals surface area contributed by atoms with Crippen molar-refractivity contribution >= 4 is 28.5 Å². The molecule has 0 spiro atoms. The van der Waals surface area contributed by atoms with Crippen LogP contribution >= 0.6 is 0 Å². The van der Waals surface area contributed by atoms with Gasteiger partial charge in [-0.25, -0.2) is 4.98 Å². The van der Waals surface area contributed by atoms with Crippen LogP contribution in [0.2, 0.25) is 0 Å². The summed E-state index contributed by atoms with van der Waals surface area (Å²) in [5.74, 6) is 1.03. The monoisotopic (exact) mass is 487 g/mol. The van der Waals surface area contributed by atoms with E-state index in [1.54, 1.807) is 4.90 Å². The predicted molar refractivity (Wildman–Crippen MR) is 143 cm³/mol. The number of nitrogens with one attached hydrogen (secondary N) is 3. The van der Waals surface area contributed by atoms with E-state index in [1.807, 2.05) is 6.07 Å². The second kappa shape index (κ2) is 11.1. The molecule has 0 bridgehead atoms. The van der Waals surface area contributed by atoms with E-state index >= 15 is 0 Å². The molecule has 1 fully saturated rings. The molecule has 3 N–H and O–H groups in total. The molecule has 36 heavy (non-hydrogen) atoms. The first-order chi connectivity index (χ1) is 17.6. The van der Waals surface area contributed by atoms with Crippen molar-refractivity contribution in [1.82, 2.24) is 20.2 Å². The first kappa shape index (κ1) is 24.3. The molecular formula is C29H37N5O2. The fourth-order valence-corrected chi connectivity index (χ4v) is 5.55. The van der Waals surface area contributed by atoms with E-state index < -0.39 is 0 Å². The largest absolute Gasteiger partial charge is 0.370 e. The Bertz CT molecular complexity index is 1220. The standard InChI is InChI=1S/C29H37N5O2/c1-2-23(12-11-22-18-31-26-8-4-3-7-25(22)26)32-27(35)19-34-17-15-21(29(34)36)10-14-24-13-9-20-6-5-16-30-28(20)33-24/h3-4,7-9,13,18,21,23,31H,2,5-6,10-12,14-17,19H2,1H3,(H,30,33)(H,32,35). The Balaban J connectivity index is 1.08. The molecule has 7 nitrogen and oxygen atoms in total. The summed E-state index contributed by atoms with van der Waals surface area (Å²) in [6, 6.07) is 12.7. The molecule has 1 aromatic carbocycles. The van der Waals surface area contributed by atoms with Gasteiger partial charge in [-0.05, 0) is 74.6 Å². The zero-order valence-electron chi connectivity index (χ0n) is 21.2. The van der Waals surface area contributed by atoms with Gasteiger partial charge >= 0.3 is 0 Å². The Kier molecular flexibility index (Phi) is 7.54. The van der Waals surface area contributed by atoms with Crippen molar-refractivity contribution < 1.29 is 9.59 Å². The summed E-state index contributed by atoms with van der Waals surface area (Å²) in [6.45, 7) is 3.88. The number of para-hydroxylation sites is 1. The second-order valence-corrected chi connectivity index (χ2v) is 10.2. The predicted octanol–water partition coefficient (Wildman–Crippen LogP) is 4.23. The van der Waals surface area contributed by atoms with E-state index in [-0.39, 0.29) is 30.3 Å². The summed E-state index contributed by atoms with van der Waals surface area (Å²) in [4.78, 5) is 35.6. The number of hydrogen-bond acceptors (Lipinski definition) is 4. The minimum absolute atomic E-state index is 0.0209. The number of amides is 2. The van der Waals surface area contributed by atoms with Gasteiger partial charge in [-0.15, -0.1) is 0 Å².